The normalized spacial score (nSPS) is 22.1. The number of hydrogen-bond acceptors (Lipinski definition) is 2. The topological polar surface area (TPSA) is 32.3 Å². The second kappa shape index (κ2) is 3.34. The summed E-state index contributed by atoms with van der Waals surface area (Å²) < 4.78 is 13.5. The van der Waals surface area contributed by atoms with E-state index < -0.39 is 6.17 Å². The number of rotatable bonds is 0. The highest BCUT2D eigenvalue weighted by Crippen LogP contribution is 2.29. The number of halogens is 1. The minimum Gasteiger partial charge on any atom is -0.508 e. The van der Waals surface area contributed by atoms with Crippen LogP contribution in [-0.2, 0) is 6.54 Å². The van der Waals surface area contributed by atoms with Gasteiger partial charge >= 0.3 is 0 Å². The molecule has 2 N–H and O–H groups in total. The largest absolute Gasteiger partial charge is 0.508 e. The van der Waals surface area contributed by atoms with Gasteiger partial charge in [-0.15, -0.1) is 0 Å². The molecule has 0 radical (unpaired) electrons. The summed E-state index contributed by atoms with van der Waals surface area (Å²) >= 11 is 0. The van der Waals surface area contributed by atoms with Gasteiger partial charge in [0.05, 0.1) is 0 Å². The first-order valence-corrected chi connectivity index (χ1v) is 4.44. The predicted octanol–water partition coefficient (Wildman–Crippen LogP) is 1.90. The fraction of sp³-hybridized carbons (Fsp3) is 0.400. The molecule has 0 bridgehead atoms. The minimum absolute atomic E-state index is 0.142. The molecular formula is C10H12FNO. The number of phenolic OH excluding ortho intramolecular Hbond substituents is 1. The second-order valence-corrected chi connectivity index (χ2v) is 3.32. The maximum Gasteiger partial charge on any atom is 0.127 e. The van der Waals surface area contributed by atoms with Gasteiger partial charge in [0.1, 0.15) is 11.9 Å². The molecule has 0 aliphatic carbocycles. The van der Waals surface area contributed by atoms with Crippen molar-refractivity contribution in [3.05, 3.63) is 29.3 Å². The van der Waals surface area contributed by atoms with Crippen LogP contribution in [0.1, 0.15) is 23.7 Å². The van der Waals surface area contributed by atoms with Gasteiger partial charge in [0, 0.05) is 6.54 Å². The lowest BCUT2D eigenvalue weighted by Crippen LogP contribution is -2.11. The van der Waals surface area contributed by atoms with Gasteiger partial charge in [-0.05, 0) is 36.2 Å². The van der Waals surface area contributed by atoms with E-state index in [4.69, 9.17) is 0 Å². The molecule has 3 heteroatoms. The molecular weight excluding hydrogens is 169 g/mol. The van der Waals surface area contributed by atoms with Crippen LogP contribution in [0.5, 0.6) is 5.75 Å². The van der Waals surface area contributed by atoms with Crippen molar-refractivity contribution in [3.63, 3.8) is 0 Å². The lowest BCUT2D eigenvalue weighted by atomic mass is 10.0. The van der Waals surface area contributed by atoms with E-state index >= 15 is 0 Å². The Labute approximate surface area is 76.4 Å². The van der Waals surface area contributed by atoms with Crippen molar-refractivity contribution < 1.29 is 9.50 Å². The molecule has 1 atom stereocenters. The summed E-state index contributed by atoms with van der Waals surface area (Å²) in [4.78, 5) is 0. The van der Waals surface area contributed by atoms with Gasteiger partial charge in [0.15, 0.2) is 0 Å². The van der Waals surface area contributed by atoms with E-state index in [-0.39, 0.29) is 5.75 Å². The second-order valence-electron chi connectivity index (χ2n) is 3.32. The van der Waals surface area contributed by atoms with Crippen molar-refractivity contribution in [2.45, 2.75) is 19.1 Å². The van der Waals surface area contributed by atoms with E-state index in [2.05, 4.69) is 5.32 Å². The molecule has 0 aromatic heterocycles. The maximum atomic E-state index is 13.5. The average molecular weight is 181 g/mol. The lowest BCUT2D eigenvalue weighted by molar-refractivity contribution is 0.325. The fourth-order valence-electron chi connectivity index (χ4n) is 1.64. The number of aromatic hydroxyl groups is 1. The Balaban J connectivity index is 2.43. The van der Waals surface area contributed by atoms with Crippen LogP contribution >= 0.6 is 0 Å². The van der Waals surface area contributed by atoms with Crippen molar-refractivity contribution in [2.24, 2.45) is 0 Å². The molecule has 13 heavy (non-hydrogen) atoms. The lowest BCUT2D eigenvalue weighted by Gasteiger charge is -2.08. The highest BCUT2D eigenvalue weighted by molar-refractivity contribution is 5.36. The molecule has 2 nitrogen and oxygen atoms in total. The van der Waals surface area contributed by atoms with Gasteiger partial charge in [-0.3, -0.25) is 0 Å². The summed E-state index contributed by atoms with van der Waals surface area (Å²) in [6, 6.07) is 4.89. The first-order valence-electron chi connectivity index (χ1n) is 4.44. The molecule has 0 amide bonds. The van der Waals surface area contributed by atoms with Crippen molar-refractivity contribution in [1.29, 1.82) is 0 Å². The third kappa shape index (κ3) is 1.65. The third-order valence-corrected chi connectivity index (χ3v) is 2.36. The Bertz CT molecular complexity index is 314. The standard InChI is InChI=1S/C10H12FNO/c11-10-3-4-12-6-7-1-2-8(13)5-9(7)10/h1-2,5,10,12-13H,3-4,6H2. The first-order chi connectivity index (χ1) is 6.27. The number of phenols is 1. The Hall–Kier alpha value is -1.09. The molecule has 0 spiro atoms. The molecule has 0 fully saturated rings. The van der Waals surface area contributed by atoms with Crippen LogP contribution in [0.15, 0.2) is 18.2 Å². The van der Waals surface area contributed by atoms with Crippen LogP contribution in [0.3, 0.4) is 0 Å². The molecule has 1 aliphatic rings. The molecule has 1 aromatic rings. The summed E-state index contributed by atoms with van der Waals surface area (Å²) in [7, 11) is 0. The molecule has 0 saturated heterocycles. The number of fused-ring (bicyclic) bond motifs is 1. The Morgan fingerprint density at radius 1 is 1.46 bits per heavy atom. The zero-order valence-corrected chi connectivity index (χ0v) is 7.26. The van der Waals surface area contributed by atoms with Crippen LogP contribution < -0.4 is 5.32 Å². The van der Waals surface area contributed by atoms with Gasteiger partial charge in [-0.2, -0.15) is 0 Å². The summed E-state index contributed by atoms with van der Waals surface area (Å²) in [6.45, 7) is 1.38. The number of hydrogen-bond donors (Lipinski definition) is 2. The van der Waals surface area contributed by atoms with E-state index in [1.165, 1.54) is 6.07 Å². The van der Waals surface area contributed by atoms with Gasteiger partial charge in [-0.25, -0.2) is 4.39 Å². The van der Waals surface area contributed by atoms with Crippen molar-refractivity contribution in [3.8, 4) is 5.75 Å². The number of nitrogens with one attached hydrogen (secondary N) is 1. The quantitative estimate of drug-likeness (QED) is 0.640. The first kappa shape index (κ1) is 8.51. The van der Waals surface area contributed by atoms with E-state index in [9.17, 15) is 9.50 Å². The van der Waals surface area contributed by atoms with Crippen LogP contribution in [0.2, 0.25) is 0 Å². The molecule has 1 aromatic carbocycles. The fourth-order valence-corrected chi connectivity index (χ4v) is 1.64. The number of benzene rings is 1. The van der Waals surface area contributed by atoms with Crippen molar-refractivity contribution in [1.82, 2.24) is 5.32 Å². The summed E-state index contributed by atoms with van der Waals surface area (Å²) in [5, 5.41) is 12.3. The average Bonchev–Trinajstić information content (AvgIpc) is 2.29. The molecule has 2 rings (SSSR count). The summed E-state index contributed by atoms with van der Waals surface area (Å²) in [5.41, 5.74) is 1.58. The molecule has 1 aliphatic heterocycles. The van der Waals surface area contributed by atoms with Gasteiger partial charge < -0.3 is 10.4 Å². The Kier molecular flexibility index (Phi) is 2.19. The van der Waals surface area contributed by atoms with Crippen LogP contribution in [-0.4, -0.2) is 11.7 Å². The van der Waals surface area contributed by atoms with Gasteiger partial charge in [0.2, 0.25) is 0 Å². The molecule has 1 unspecified atom stereocenters. The van der Waals surface area contributed by atoms with E-state index in [0.717, 1.165) is 5.56 Å². The smallest absolute Gasteiger partial charge is 0.127 e. The van der Waals surface area contributed by atoms with E-state index in [1.807, 2.05) is 0 Å². The van der Waals surface area contributed by atoms with Crippen LogP contribution in [0, 0.1) is 0 Å². The highest BCUT2D eigenvalue weighted by atomic mass is 19.1. The molecule has 70 valence electrons. The predicted molar refractivity (Wildman–Crippen MR) is 48.3 cm³/mol. The minimum atomic E-state index is -0.947. The zero-order valence-electron chi connectivity index (χ0n) is 7.26. The van der Waals surface area contributed by atoms with Gasteiger partial charge in [-0.1, -0.05) is 6.07 Å². The summed E-state index contributed by atoms with van der Waals surface area (Å²) in [5.74, 6) is 0.142. The van der Waals surface area contributed by atoms with E-state index in [1.54, 1.807) is 12.1 Å². The highest BCUT2D eigenvalue weighted by Gasteiger charge is 2.17. The van der Waals surface area contributed by atoms with Crippen LogP contribution in [0.25, 0.3) is 0 Å². The SMILES string of the molecule is Oc1ccc2c(c1)C(F)CCNC2. The summed E-state index contributed by atoms with van der Waals surface area (Å²) in [6.07, 6.45) is -0.465. The molecule has 1 heterocycles. The third-order valence-electron chi connectivity index (χ3n) is 2.36. The van der Waals surface area contributed by atoms with Gasteiger partial charge in [0.25, 0.3) is 0 Å². The van der Waals surface area contributed by atoms with Crippen molar-refractivity contribution in [2.75, 3.05) is 6.54 Å². The zero-order chi connectivity index (χ0) is 9.26. The van der Waals surface area contributed by atoms with Crippen molar-refractivity contribution >= 4 is 0 Å². The monoisotopic (exact) mass is 181 g/mol. The number of alkyl halides is 1. The molecule has 0 saturated carbocycles. The maximum absolute atomic E-state index is 13.5. The van der Waals surface area contributed by atoms with Crippen LogP contribution in [0.4, 0.5) is 4.39 Å². The Morgan fingerprint density at radius 3 is 3.15 bits per heavy atom. The Morgan fingerprint density at radius 2 is 2.31 bits per heavy atom. The van der Waals surface area contributed by atoms with E-state index in [0.29, 0.717) is 25.1 Å².